The van der Waals surface area contributed by atoms with Gasteiger partial charge in [0.25, 0.3) is 0 Å². The van der Waals surface area contributed by atoms with E-state index in [1.807, 2.05) is 31.2 Å². The Bertz CT molecular complexity index is 386. The summed E-state index contributed by atoms with van der Waals surface area (Å²) in [7, 11) is 0. The number of carbonyl (C=O) groups is 1. The highest BCUT2D eigenvalue weighted by atomic mass is 16.5. The van der Waals surface area contributed by atoms with Gasteiger partial charge < -0.3 is 15.0 Å². The number of likely N-dealkylation sites (N-methyl/N-ethyl adjacent to an activating group) is 1. The Hall–Kier alpha value is -1.55. The molecule has 0 spiro atoms. The molecule has 0 atom stereocenters. The van der Waals surface area contributed by atoms with Crippen LogP contribution in [0.3, 0.4) is 0 Å². The molecule has 0 aliphatic rings. The number of hydrogen-bond donors (Lipinski definition) is 1. The average molecular weight is 278 g/mol. The van der Waals surface area contributed by atoms with E-state index in [0.717, 1.165) is 30.9 Å². The minimum absolute atomic E-state index is 0.0707. The highest BCUT2D eigenvalue weighted by Crippen LogP contribution is 2.12. The lowest BCUT2D eigenvalue weighted by Crippen LogP contribution is -2.35. The van der Waals surface area contributed by atoms with Crippen molar-refractivity contribution >= 4 is 5.91 Å². The zero-order valence-electron chi connectivity index (χ0n) is 12.8. The molecule has 1 aromatic rings. The van der Waals surface area contributed by atoms with E-state index in [1.54, 1.807) is 0 Å². The molecule has 0 fully saturated rings. The molecule has 0 radical (unpaired) electrons. The van der Waals surface area contributed by atoms with Crippen molar-refractivity contribution < 1.29 is 9.53 Å². The fraction of sp³-hybridized carbons (Fsp3) is 0.562. The normalized spacial score (nSPS) is 10.6. The summed E-state index contributed by atoms with van der Waals surface area (Å²) in [5, 5.41) is 2.96. The van der Waals surface area contributed by atoms with Crippen LogP contribution in [0.4, 0.5) is 0 Å². The van der Waals surface area contributed by atoms with Crippen LogP contribution in [0.5, 0.6) is 5.75 Å². The van der Waals surface area contributed by atoms with E-state index in [9.17, 15) is 4.79 Å². The second-order valence-corrected chi connectivity index (χ2v) is 4.63. The van der Waals surface area contributed by atoms with Crippen LogP contribution >= 0.6 is 0 Å². The van der Waals surface area contributed by atoms with Crippen LogP contribution in [0.15, 0.2) is 24.3 Å². The SMILES string of the molecule is CCOc1ccc(CC(=O)NCCN(CC)CC)cc1. The van der Waals surface area contributed by atoms with Gasteiger partial charge >= 0.3 is 0 Å². The van der Waals surface area contributed by atoms with Crippen molar-refractivity contribution in [1.82, 2.24) is 10.2 Å². The van der Waals surface area contributed by atoms with Gasteiger partial charge in [0.05, 0.1) is 13.0 Å². The number of carbonyl (C=O) groups excluding carboxylic acids is 1. The predicted octanol–water partition coefficient (Wildman–Crippen LogP) is 2.09. The molecule has 0 aliphatic carbocycles. The summed E-state index contributed by atoms with van der Waals surface area (Å²) in [5.41, 5.74) is 1.01. The van der Waals surface area contributed by atoms with E-state index in [0.29, 0.717) is 19.6 Å². The quantitative estimate of drug-likeness (QED) is 0.752. The minimum Gasteiger partial charge on any atom is -0.494 e. The lowest BCUT2D eigenvalue weighted by Gasteiger charge is -2.17. The monoisotopic (exact) mass is 278 g/mol. The lowest BCUT2D eigenvalue weighted by molar-refractivity contribution is -0.120. The number of hydrogen-bond acceptors (Lipinski definition) is 3. The maximum Gasteiger partial charge on any atom is 0.224 e. The molecule has 0 saturated carbocycles. The molecule has 1 aromatic carbocycles. The molecule has 0 bridgehead atoms. The van der Waals surface area contributed by atoms with Gasteiger partial charge in [-0.25, -0.2) is 0 Å². The second kappa shape index (κ2) is 9.37. The minimum atomic E-state index is 0.0707. The van der Waals surface area contributed by atoms with Gasteiger partial charge in [0.15, 0.2) is 0 Å². The van der Waals surface area contributed by atoms with Crippen molar-refractivity contribution in [1.29, 1.82) is 0 Å². The molecule has 112 valence electrons. The molecular weight excluding hydrogens is 252 g/mol. The summed E-state index contributed by atoms with van der Waals surface area (Å²) in [6.07, 6.45) is 0.421. The number of nitrogens with one attached hydrogen (secondary N) is 1. The zero-order valence-corrected chi connectivity index (χ0v) is 12.8. The van der Waals surface area contributed by atoms with Crippen LogP contribution in [0.2, 0.25) is 0 Å². The molecule has 0 aromatic heterocycles. The molecule has 0 saturated heterocycles. The summed E-state index contributed by atoms with van der Waals surface area (Å²) >= 11 is 0. The molecule has 4 nitrogen and oxygen atoms in total. The van der Waals surface area contributed by atoms with Crippen molar-refractivity contribution in [3.05, 3.63) is 29.8 Å². The molecule has 4 heteroatoms. The standard InChI is InChI=1S/C16H26N2O2/c1-4-18(5-2)12-11-17-16(19)13-14-7-9-15(10-8-14)20-6-3/h7-10H,4-6,11-13H2,1-3H3,(H,17,19). The van der Waals surface area contributed by atoms with Crippen LogP contribution in [-0.4, -0.2) is 43.6 Å². The molecule has 0 unspecified atom stereocenters. The van der Waals surface area contributed by atoms with E-state index in [-0.39, 0.29) is 5.91 Å². The van der Waals surface area contributed by atoms with Gasteiger partial charge in [-0.15, -0.1) is 0 Å². The van der Waals surface area contributed by atoms with Gasteiger partial charge in [0.1, 0.15) is 5.75 Å². The Labute approximate surface area is 122 Å². The Balaban J connectivity index is 2.31. The Morgan fingerprint density at radius 3 is 2.35 bits per heavy atom. The van der Waals surface area contributed by atoms with Crippen molar-refractivity contribution in [2.45, 2.75) is 27.2 Å². The van der Waals surface area contributed by atoms with Crippen LogP contribution in [0.1, 0.15) is 26.3 Å². The maximum absolute atomic E-state index is 11.8. The zero-order chi connectivity index (χ0) is 14.8. The number of benzene rings is 1. The Morgan fingerprint density at radius 2 is 1.80 bits per heavy atom. The fourth-order valence-electron chi connectivity index (χ4n) is 2.01. The van der Waals surface area contributed by atoms with Crippen molar-refractivity contribution in [2.75, 3.05) is 32.8 Å². The van der Waals surface area contributed by atoms with Gasteiger partial charge in [0, 0.05) is 13.1 Å². The van der Waals surface area contributed by atoms with E-state index in [1.165, 1.54) is 0 Å². The smallest absolute Gasteiger partial charge is 0.224 e. The van der Waals surface area contributed by atoms with E-state index < -0.39 is 0 Å². The van der Waals surface area contributed by atoms with Gasteiger partial charge in [0.2, 0.25) is 5.91 Å². The first-order valence-electron chi connectivity index (χ1n) is 7.40. The summed E-state index contributed by atoms with van der Waals surface area (Å²) in [6.45, 7) is 10.5. The second-order valence-electron chi connectivity index (χ2n) is 4.63. The van der Waals surface area contributed by atoms with Crippen molar-refractivity contribution in [3.63, 3.8) is 0 Å². The Kier molecular flexibility index (Phi) is 7.73. The van der Waals surface area contributed by atoms with E-state index in [2.05, 4.69) is 24.1 Å². The van der Waals surface area contributed by atoms with E-state index in [4.69, 9.17) is 4.74 Å². The average Bonchev–Trinajstić information content (AvgIpc) is 2.46. The van der Waals surface area contributed by atoms with Crippen molar-refractivity contribution in [2.24, 2.45) is 0 Å². The summed E-state index contributed by atoms with van der Waals surface area (Å²) < 4.78 is 5.38. The lowest BCUT2D eigenvalue weighted by atomic mass is 10.1. The van der Waals surface area contributed by atoms with Crippen LogP contribution in [0, 0.1) is 0 Å². The Morgan fingerprint density at radius 1 is 1.15 bits per heavy atom. The van der Waals surface area contributed by atoms with Crippen LogP contribution < -0.4 is 10.1 Å². The number of rotatable bonds is 9. The summed E-state index contributed by atoms with van der Waals surface area (Å²) in [4.78, 5) is 14.1. The third kappa shape index (κ3) is 6.06. The molecule has 0 aliphatic heterocycles. The summed E-state index contributed by atoms with van der Waals surface area (Å²) in [6, 6.07) is 7.69. The molecule has 1 N–H and O–H groups in total. The summed E-state index contributed by atoms with van der Waals surface area (Å²) in [5.74, 6) is 0.916. The van der Waals surface area contributed by atoms with Crippen LogP contribution in [-0.2, 0) is 11.2 Å². The molecule has 20 heavy (non-hydrogen) atoms. The molecule has 1 amide bonds. The highest BCUT2D eigenvalue weighted by molar-refractivity contribution is 5.78. The number of nitrogens with zero attached hydrogens (tertiary/aromatic N) is 1. The number of ether oxygens (including phenoxy) is 1. The number of amides is 1. The third-order valence-electron chi connectivity index (χ3n) is 3.24. The van der Waals surface area contributed by atoms with Gasteiger partial charge in [-0.05, 0) is 37.7 Å². The maximum atomic E-state index is 11.8. The highest BCUT2D eigenvalue weighted by Gasteiger charge is 2.04. The first-order valence-corrected chi connectivity index (χ1v) is 7.40. The first kappa shape index (κ1) is 16.5. The van der Waals surface area contributed by atoms with Gasteiger partial charge in [-0.1, -0.05) is 26.0 Å². The largest absolute Gasteiger partial charge is 0.494 e. The molecular formula is C16H26N2O2. The third-order valence-corrected chi connectivity index (χ3v) is 3.24. The van der Waals surface area contributed by atoms with Gasteiger partial charge in [-0.2, -0.15) is 0 Å². The van der Waals surface area contributed by atoms with Crippen molar-refractivity contribution in [3.8, 4) is 5.75 Å². The predicted molar refractivity (Wildman–Crippen MR) is 82.1 cm³/mol. The molecule has 1 rings (SSSR count). The molecule has 0 heterocycles. The topological polar surface area (TPSA) is 41.6 Å². The van der Waals surface area contributed by atoms with Crippen LogP contribution in [0.25, 0.3) is 0 Å². The van der Waals surface area contributed by atoms with Gasteiger partial charge in [-0.3, -0.25) is 4.79 Å². The first-order chi connectivity index (χ1) is 9.69. The van der Waals surface area contributed by atoms with E-state index >= 15 is 0 Å². The fourth-order valence-corrected chi connectivity index (χ4v) is 2.01.